The maximum Gasteiger partial charge on any atom is 0.273 e. The smallest absolute Gasteiger partial charge is 0.247 e. The Kier molecular flexibility index (Phi) is 3.45. The fraction of sp³-hybridized carbons (Fsp3) is 0.111. The molecule has 0 amide bonds. The standard InChI is InChI=1S/C9H8BrN3O2S2/c1-6-5-7(16-8(6)10)17(14,15)13-9-11-3-2-4-12-9/h2-5H,1H3,(H,11,12,13). The van der Waals surface area contributed by atoms with Crippen LogP contribution in [0.4, 0.5) is 5.95 Å². The predicted molar refractivity (Wildman–Crippen MR) is 69.6 cm³/mol. The van der Waals surface area contributed by atoms with Crippen LogP contribution >= 0.6 is 27.3 Å². The molecule has 0 aliphatic heterocycles. The van der Waals surface area contributed by atoms with E-state index in [0.717, 1.165) is 20.7 Å². The van der Waals surface area contributed by atoms with Crippen LogP contribution in [-0.2, 0) is 10.0 Å². The second kappa shape index (κ2) is 4.71. The minimum Gasteiger partial charge on any atom is -0.247 e. The second-order valence-corrected chi connectivity index (χ2v) is 7.48. The first kappa shape index (κ1) is 12.5. The molecule has 0 saturated carbocycles. The van der Waals surface area contributed by atoms with Gasteiger partial charge in [-0.15, -0.1) is 11.3 Å². The number of nitrogens with one attached hydrogen (secondary N) is 1. The number of thiophene rings is 1. The van der Waals surface area contributed by atoms with E-state index >= 15 is 0 Å². The van der Waals surface area contributed by atoms with E-state index < -0.39 is 10.0 Å². The van der Waals surface area contributed by atoms with Crippen molar-refractivity contribution in [1.82, 2.24) is 9.97 Å². The van der Waals surface area contributed by atoms with Crippen LogP contribution in [0.25, 0.3) is 0 Å². The molecule has 0 saturated heterocycles. The summed E-state index contributed by atoms with van der Waals surface area (Å²) in [4.78, 5) is 7.62. The Morgan fingerprint density at radius 3 is 2.53 bits per heavy atom. The van der Waals surface area contributed by atoms with Gasteiger partial charge in [-0.25, -0.2) is 23.1 Å². The summed E-state index contributed by atoms with van der Waals surface area (Å²) in [5.74, 6) is 0.0645. The maximum absolute atomic E-state index is 12.0. The molecule has 1 N–H and O–H groups in total. The number of aryl methyl sites for hydroxylation is 1. The molecule has 8 heteroatoms. The molecule has 2 aromatic rings. The van der Waals surface area contributed by atoms with Crippen molar-refractivity contribution >= 4 is 43.2 Å². The lowest BCUT2D eigenvalue weighted by molar-refractivity contribution is 0.602. The van der Waals surface area contributed by atoms with Crippen molar-refractivity contribution in [3.05, 3.63) is 33.9 Å². The quantitative estimate of drug-likeness (QED) is 0.936. The Morgan fingerprint density at radius 1 is 1.35 bits per heavy atom. The number of aromatic nitrogens is 2. The van der Waals surface area contributed by atoms with Gasteiger partial charge in [0.2, 0.25) is 5.95 Å². The Labute approximate surface area is 111 Å². The van der Waals surface area contributed by atoms with Gasteiger partial charge in [-0.2, -0.15) is 0 Å². The van der Waals surface area contributed by atoms with Crippen molar-refractivity contribution in [2.45, 2.75) is 11.1 Å². The molecule has 5 nitrogen and oxygen atoms in total. The fourth-order valence-electron chi connectivity index (χ4n) is 1.09. The lowest BCUT2D eigenvalue weighted by Gasteiger charge is -2.02. The Hall–Kier alpha value is -0.990. The van der Waals surface area contributed by atoms with Gasteiger partial charge in [-0.3, -0.25) is 0 Å². The summed E-state index contributed by atoms with van der Waals surface area (Å²) >= 11 is 4.44. The lowest BCUT2D eigenvalue weighted by Crippen LogP contribution is -2.13. The van der Waals surface area contributed by atoms with Crippen LogP contribution in [0, 0.1) is 6.92 Å². The summed E-state index contributed by atoms with van der Waals surface area (Å²) in [5, 5.41) is 0. The molecule has 0 fully saturated rings. The van der Waals surface area contributed by atoms with Crippen molar-refractivity contribution in [2.24, 2.45) is 0 Å². The van der Waals surface area contributed by atoms with Crippen LogP contribution < -0.4 is 4.72 Å². The molecule has 0 atom stereocenters. The number of anilines is 1. The van der Waals surface area contributed by atoms with Gasteiger partial charge in [0.25, 0.3) is 10.0 Å². The third-order valence-corrected chi connectivity index (χ3v) is 5.83. The van der Waals surface area contributed by atoms with Gasteiger partial charge in [-0.05, 0) is 40.5 Å². The summed E-state index contributed by atoms with van der Waals surface area (Å²) in [6.07, 6.45) is 2.95. The molecule has 0 aliphatic rings. The highest BCUT2D eigenvalue weighted by atomic mass is 79.9. The zero-order chi connectivity index (χ0) is 12.5. The van der Waals surface area contributed by atoms with E-state index in [0.29, 0.717) is 0 Å². The van der Waals surface area contributed by atoms with Crippen molar-refractivity contribution in [3.63, 3.8) is 0 Å². The molecule has 0 radical (unpaired) electrons. The Balaban J connectivity index is 2.32. The molecule has 0 spiro atoms. The van der Waals surface area contributed by atoms with Gasteiger partial charge in [0.1, 0.15) is 4.21 Å². The summed E-state index contributed by atoms with van der Waals surface area (Å²) in [6, 6.07) is 3.21. The summed E-state index contributed by atoms with van der Waals surface area (Å²) < 4.78 is 27.3. The van der Waals surface area contributed by atoms with Gasteiger partial charge in [0.05, 0.1) is 3.79 Å². The zero-order valence-corrected chi connectivity index (χ0v) is 11.9. The SMILES string of the molecule is Cc1cc(S(=O)(=O)Nc2ncccn2)sc1Br. The van der Waals surface area contributed by atoms with Crippen molar-refractivity contribution < 1.29 is 8.42 Å². The molecule has 2 rings (SSSR count). The molecule has 0 aromatic carbocycles. The Morgan fingerprint density at radius 2 is 2.00 bits per heavy atom. The van der Waals surface area contributed by atoms with E-state index in [2.05, 4.69) is 30.6 Å². The topological polar surface area (TPSA) is 72.0 Å². The van der Waals surface area contributed by atoms with Crippen LogP contribution in [0.2, 0.25) is 0 Å². The molecular weight excluding hydrogens is 326 g/mol. The van der Waals surface area contributed by atoms with Crippen LogP contribution in [0.1, 0.15) is 5.56 Å². The summed E-state index contributed by atoms with van der Waals surface area (Å²) in [5.41, 5.74) is 0.879. The number of hydrogen-bond acceptors (Lipinski definition) is 5. The van der Waals surface area contributed by atoms with Crippen molar-refractivity contribution in [1.29, 1.82) is 0 Å². The van der Waals surface area contributed by atoms with Gasteiger partial charge in [0, 0.05) is 12.4 Å². The highest BCUT2D eigenvalue weighted by Crippen LogP contribution is 2.31. The monoisotopic (exact) mass is 333 g/mol. The van der Waals surface area contributed by atoms with Crippen LogP contribution in [0.5, 0.6) is 0 Å². The third-order valence-electron chi connectivity index (χ3n) is 1.89. The van der Waals surface area contributed by atoms with E-state index in [-0.39, 0.29) is 10.2 Å². The molecule has 90 valence electrons. The number of rotatable bonds is 3. The average molecular weight is 334 g/mol. The second-order valence-electron chi connectivity index (χ2n) is 3.20. The molecule has 2 aromatic heterocycles. The van der Waals surface area contributed by atoms with Gasteiger partial charge < -0.3 is 0 Å². The van der Waals surface area contributed by atoms with Crippen LogP contribution in [0.3, 0.4) is 0 Å². The normalized spacial score (nSPS) is 11.4. The van der Waals surface area contributed by atoms with Crippen LogP contribution in [-0.4, -0.2) is 18.4 Å². The van der Waals surface area contributed by atoms with Crippen LogP contribution in [0.15, 0.2) is 32.5 Å². The van der Waals surface area contributed by atoms with Gasteiger partial charge in [0.15, 0.2) is 0 Å². The highest BCUT2D eigenvalue weighted by molar-refractivity contribution is 9.11. The number of nitrogens with zero attached hydrogens (tertiary/aromatic N) is 2. The van der Waals surface area contributed by atoms with Gasteiger partial charge in [-0.1, -0.05) is 0 Å². The zero-order valence-electron chi connectivity index (χ0n) is 8.71. The van der Waals surface area contributed by atoms with Crippen molar-refractivity contribution in [2.75, 3.05) is 4.72 Å². The van der Waals surface area contributed by atoms with E-state index in [9.17, 15) is 8.42 Å². The molecule has 0 unspecified atom stereocenters. The van der Waals surface area contributed by atoms with Crippen molar-refractivity contribution in [3.8, 4) is 0 Å². The summed E-state index contributed by atoms with van der Waals surface area (Å²) in [7, 11) is -3.60. The first-order valence-corrected chi connectivity index (χ1v) is 7.64. The fourth-order valence-corrected chi connectivity index (χ4v) is 4.27. The van der Waals surface area contributed by atoms with E-state index in [1.165, 1.54) is 12.4 Å². The Bertz CT molecular complexity index is 605. The molecule has 0 aliphatic carbocycles. The maximum atomic E-state index is 12.0. The lowest BCUT2D eigenvalue weighted by atomic mass is 10.4. The minimum atomic E-state index is -3.60. The molecular formula is C9H8BrN3O2S2. The number of halogens is 1. The highest BCUT2D eigenvalue weighted by Gasteiger charge is 2.19. The van der Waals surface area contributed by atoms with E-state index in [1.54, 1.807) is 12.1 Å². The first-order chi connectivity index (χ1) is 7.99. The minimum absolute atomic E-state index is 0.0645. The number of sulfonamides is 1. The van der Waals surface area contributed by atoms with E-state index in [1.807, 2.05) is 6.92 Å². The largest absolute Gasteiger partial charge is 0.273 e. The average Bonchev–Trinajstić information content (AvgIpc) is 2.61. The molecule has 17 heavy (non-hydrogen) atoms. The van der Waals surface area contributed by atoms with Gasteiger partial charge >= 0.3 is 0 Å². The third kappa shape index (κ3) is 2.82. The van der Waals surface area contributed by atoms with E-state index in [4.69, 9.17) is 0 Å². The molecule has 2 heterocycles. The predicted octanol–water partition coefficient (Wildman–Crippen LogP) is 2.41. The summed E-state index contributed by atoms with van der Waals surface area (Å²) in [6.45, 7) is 1.83. The number of hydrogen-bond donors (Lipinski definition) is 1. The molecule has 0 bridgehead atoms. The first-order valence-electron chi connectivity index (χ1n) is 4.55.